The minimum absolute atomic E-state index is 0.0318. The highest BCUT2D eigenvalue weighted by atomic mass is 16.2. The van der Waals surface area contributed by atoms with Crippen LogP contribution >= 0.6 is 0 Å². The van der Waals surface area contributed by atoms with E-state index in [4.69, 9.17) is 0 Å². The molecule has 0 aromatic carbocycles. The molecule has 0 aliphatic heterocycles. The molecule has 0 amide bonds. The highest BCUT2D eigenvalue weighted by Crippen LogP contribution is 2.55. The molecule has 107 heavy (non-hydrogen) atoms. The van der Waals surface area contributed by atoms with Gasteiger partial charge >= 0.3 is 0 Å². The lowest BCUT2D eigenvalue weighted by atomic mass is 9.47. The van der Waals surface area contributed by atoms with Gasteiger partial charge in [0.25, 0.3) is 0 Å². The topological polar surface area (TPSA) is 85.3 Å². The van der Waals surface area contributed by atoms with Gasteiger partial charge in [0.1, 0.15) is 34.0 Å². The predicted molar refractivity (Wildman–Crippen MR) is 474 cm³/mol. The van der Waals surface area contributed by atoms with Crippen LogP contribution in [0.25, 0.3) is 0 Å². The predicted octanol–water partition coefficient (Wildman–Crippen LogP) is 35.2. The second kappa shape index (κ2) is 85.0. The Labute approximate surface area is 672 Å². The van der Waals surface area contributed by atoms with Crippen LogP contribution in [-0.2, 0) is 24.0 Å². The summed E-state index contributed by atoms with van der Waals surface area (Å²) in [4.78, 5) is 81.4. The van der Waals surface area contributed by atoms with Crippen molar-refractivity contribution in [2.24, 2.45) is 16.7 Å². The van der Waals surface area contributed by atoms with Crippen molar-refractivity contribution in [2.45, 2.75) is 594 Å². The molecule has 0 N–H and O–H groups in total. The second-order valence-corrected chi connectivity index (χ2v) is 35.1. The molecule has 0 saturated heterocycles. The third-order valence-electron chi connectivity index (χ3n) is 25.1. The van der Waals surface area contributed by atoms with Crippen molar-refractivity contribution in [3.8, 4) is 0 Å². The van der Waals surface area contributed by atoms with Gasteiger partial charge in [0, 0.05) is 31.6 Å². The lowest BCUT2D eigenvalue weighted by Gasteiger charge is -2.48. The largest absolute Gasteiger partial charge is 0.299 e. The van der Waals surface area contributed by atoms with Gasteiger partial charge in [0.2, 0.25) is 6.29 Å². The van der Waals surface area contributed by atoms with Crippen molar-refractivity contribution in [3.05, 3.63) is 12.2 Å². The first kappa shape index (κ1) is 105. The van der Waals surface area contributed by atoms with E-state index in [1.807, 2.05) is 0 Å². The molecule has 0 rings (SSSR count). The van der Waals surface area contributed by atoms with Gasteiger partial charge in [-0.25, -0.2) is 0 Å². The number of hydrogen-bond donors (Lipinski definition) is 0. The van der Waals surface area contributed by atoms with Gasteiger partial charge in [-0.15, -0.1) is 0 Å². The van der Waals surface area contributed by atoms with E-state index in [1.54, 1.807) is 0 Å². The Bertz CT molecular complexity index is 1880. The average Bonchev–Trinajstić information content (AvgIpc) is 0.714. The third-order valence-corrected chi connectivity index (χ3v) is 25.1. The van der Waals surface area contributed by atoms with Crippen LogP contribution in [0.2, 0.25) is 0 Å². The van der Waals surface area contributed by atoms with Crippen LogP contribution in [0.3, 0.4) is 0 Å². The standard InChI is InChI=1S/C102H193O5/c1-7-13-19-25-31-37-43-49-52-56-61-67-73-79-85-91-98(105)101(95-103,94-88-82-76-70-64-58-51-45-39-33-27-21-15-9-3)102(99(106)92-86-80-74-68-62-55-47-41-35-29-23-17-11-5,100(107)93-87-81-75-69-63-57-53-50-44-38-32-26-20-14-8-2)96(89-83-77-71-65-59-48-42-36-30-24-18-12-6)97(104)90-84-78-72-66-60-54-46-40-34-28-22-16-10-4/h59,65,96H,7-58,60-64,66-94H2,1-6H3/b65-59-. The van der Waals surface area contributed by atoms with E-state index in [2.05, 4.69) is 60.0 Å². The Hall–Kier alpha value is -1.91. The molecule has 3 atom stereocenters. The van der Waals surface area contributed by atoms with Crippen LogP contribution in [0, 0.1) is 16.7 Å². The quantitative estimate of drug-likeness (QED) is 0.0344. The molecule has 5 nitrogen and oxygen atoms in total. The number of carbonyl (C=O) groups is 4. The van der Waals surface area contributed by atoms with Crippen LogP contribution in [0.4, 0.5) is 0 Å². The fourth-order valence-electron chi connectivity index (χ4n) is 17.9. The van der Waals surface area contributed by atoms with Crippen LogP contribution in [0.1, 0.15) is 594 Å². The molecule has 0 spiro atoms. The number of ketones is 4. The lowest BCUT2D eigenvalue weighted by molar-refractivity contribution is -0.164. The van der Waals surface area contributed by atoms with Gasteiger partial charge in [-0.2, -0.15) is 0 Å². The Morgan fingerprint density at radius 3 is 0.645 bits per heavy atom. The van der Waals surface area contributed by atoms with E-state index in [-0.39, 0.29) is 48.8 Å². The fraction of sp³-hybridized carbons (Fsp3) is 0.931. The number of unbranched alkanes of at least 4 members (excludes halogenated alkanes) is 73. The monoisotopic (exact) mass is 1500 g/mol. The molecule has 631 valence electrons. The molecule has 0 heterocycles. The van der Waals surface area contributed by atoms with Crippen LogP contribution in [0.5, 0.6) is 0 Å². The maximum atomic E-state index is 16.8. The smallest absolute Gasteiger partial charge is 0.214 e. The van der Waals surface area contributed by atoms with Crippen molar-refractivity contribution >= 4 is 29.4 Å². The third kappa shape index (κ3) is 61.2. The molecule has 0 fully saturated rings. The molecule has 5 heteroatoms. The summed E-state index contributed by atoms with van der Waals surface area (Å²) >= 11 is 0. The van der Waals surface area contributed by atoms with E-state index in [0.29, 0.717) is 51.4 Å². The normalized spacial score (nSPS) is 13.3. The number of carbonyl (C=O) groups excluding carboxylic acids is 5. The summed E-state index contributed by atoms with van der Waals surface area (Å²) in [6.45, 7) is 13.7. The van der Waals surface area contributed by atoms with E-state index < -0.39 is 16.7 Å². The van der Waals surface area contributed by atoms with Crippen molar-refractivity contribution in [2.75, 3.05) is 0 Å². The molecule has 0 bridgehead atoms. The van der Waals surface area contributed by atoms with Crippen LogP contribution in [-0.4, -0.2) is 29.4 Å². The maximum Gasteiger partial charge on any atom is 0.214 e. The number of allylic oxidation sites excluding steroid dienone is 2. The minimum Gasteiger partial charge on any atom is -0.299 e. The van der Waals surface area contributed by atoms with Crippen molar-refractivity contribution in [1.29, 1.82) is 0 Å². The molecular formula is C102H193O5. The zero-order valence-corrected chi connectivity index (χ0v) is 74.1. The first-order chi connectivity index (χ1) is 52.7. The molecular weight excluding hydrogens is 1310 g/mol. The highest BCUT2D eigenvalue weighted by molar-refractivity contribution is 6.19. The summed E-state index contributed by atoms with van der Waals surface area (Å²) in [6.07, 6.45) is 104. The van der Waals surface area contributed by atoms with Gasteiger partial charge < -0.3 is 0 Å². The van der Waals surface area contributed by atoms with Gasteiger partial charge in [-0.05, 0) is 64.2 Å². The minimum atomic E-state index is -2.05. The number of Topliss-reactive ketones (excluding diaryl/α,β-unsaturated/α-hetero) is 4. The second-order valence-electron chi connectivity index (χ2n) is 35.1. The van der Waals surface area contributed by atoms with Gasteiger partial charge in [-0.3, -0.25) is 24.0 Å². The SMILES string of the molecule is CCCCCCCC/C=C\CCCCC(C(=O)CCCCCCCCCCCCCCC)C(C(=O)CCCCCCCCCCCCCCC)(C(=O)CCCCCCCCCCCCCCCCC)C([C]=O)(CCCCCCCCCCCCCCCC)C(=O)CCCCCCCCCCCCCCCCC. The lowest BCUT2D eigenvalue weighted by Crippen LogP contribution is -2.63. The number of rotatable bonds is 94. The summed E-state index contributed by atoms with van der Waals surface area (Å²) < 4.78 is 0. The molecule has 0 aliphatic rings. The molecule has 0 saturated carbocycles. The van der Waals surface area contributed by atoms with E-state index in [9.17, 15) is 0 Å². The van der Waals surface area contributed by atoms with E-state index >= 15 is 24.0 Å². The Balaban J connectivity index is 7.64. The summed E-state index contributed by atoms with van der Waals surface area (Å²) in [5.41, 5.74) is -4.04. The first-order valence-electron chi connectivity index (χ1n) is 49.9. The van der Waals surface area contributed by atoms with Crippen molar-refractivity contribution < 1.29 is 24.0 Å². The zero-order valence-electron chi connectivity index (χ0n) is 74.1. The van der Waals surface area contributed by atoms with E-state index in [1.165, 1.54) is 360 Å². The van der Waals surface area contributed by atoms with Crippen molar-refractivity contribution in [1.82, 2.24) is 0 Å². The molecule has 3 unspecified atom stereocenters. The Morgan fingerprint density at radius 2 is 0.411 bits per heavy atom. The van der Waals surface area contributed by atoms with E-state index in [0.717, 1.165) is 116 Å². The Kier molecular flexibility index (Phi) is 83.5. The van der Waals surface area contributed by atoms with Crippen LogP contribution < -0.4 is 0 Å². The molecule has 0 aromatic heterocycles. The molecule has 1 radical (unpaired) electrons. The van der Waals surface area contributed by atoms with Gasteiger partial charge in [0.15, 0.2) is 0 Å². The van der Waals surface area contributed by atoms with Crippen molar-refractivity contribution in [3.63, 3.8) is 0 Å². The van der Waals surface area contributed by atoms with Crippen LogP contribution in [0.15, 0.2) is 12.2 Å². The Morgan fingerprint density at radius 1 is 0.224 bits per heavy atom. The highest BCUT2D eigenvalue weighted by Gasteiger charge is 2.68. The zero-order chi connectivity index (χ0) is 77.8. The summed E-state index contributed by atoms with van der Waals surface area (Å²) in [5, 5.41) is 0. The van der Waals surface area contributed by atoms with Gasteiger partial charge in [0.05, 0.1) is 0 Å². The summed E-state index contributed by atoms with van der Waals surface area (Å²) in [5.74, 6) is -1.81. The molecule has 0 aliphatic carbocycles. The molecule has 0 aromatic rings. The number of hydrogen-bond acceptors (Lipinski definition) is 5. The average molecular weight is 1500 g/mol. The summed E-state index contributed by atoms with van der Waals surface area (Å²) in [7, 11) is 0. The first-order valence-corrected chi connectivity index (χ1v) is 49.9. The summed E-state index contributed by atoms with van der Waals surface area (Å²) in [6, 6.07) is 0. The van der Waals surface area contributed by atoms with Gasteiger partial charge in [-0.1, -0.05) is 516 Å². The maximum absolute atomic E-state index is 16.8. The fourth-order valence-corrected chi connectivity index (χ4v) is 17.9.